The Morgan fingerprint density at radius 3 is 1.95 bits per heavy atom. The molecule has 0 fully saturated rings. The van der Waals surface area contributed by atoms with Gasteiger partial charge in [-0.05, 0) is 83.6 Å². The molecule has 0 atom stereocenters. The Kier molecular flexibility index (Phi) is 6.43. The number of thioether (sulfide) groups is 1. The summed E-state index contributed by atoms with van der Waals surface area (Å²) in [7, 11) is 0. The number of rotatable bonds is 6. The average Bonchev–Trinajstić information content (AvgIpc) is 3.36. The largest absolute Gasteiger partial charge is 0.265 e. The van der Waals surface area contributed by atoms with Crippen LogP contribution in [0, 0.1) is 11.6 Å². The van der Waals surface area contributed by atoms with Crippen molar-refractivity contribution in [2.24, 2.45) is 0 Å². The van der Waals surface area contributed by atoms with Gasteiger partial charge in [0, 0.05) is 45.6 Å². The highest BCUT2D eigenvalue weighted by molar-refractivity contribution is 7.98. The second kappa shape index (κ2) is 10.2. The van der Waals surface area contributed by atoms with E-state index in [1.165, 1.54) is 29.2 Å². The molecule has 38 heavy (non-hydrogen) atoms. The quantitative estimate of drug-likeness (QED) is 0.210. The Balaban J connectivity index is 1.62. The summed E-state index contributed by atoms with van der Waals surface area (Å²) >= 11 is 1.70. The predicted octanol–water partition coefficient (Wildman–Crippen LogP) is 7.88. The van der Waals surface area contributed by atoms with Crippen LogP contribution in [0.1, 0.15) is 5.56 Å². The van der Waals surface area contributed by atoms with Crippen LogP contribution in [0.15, 0.2) is 108 Å². The number of benzene rings is 3. The fourth-order valence-electron chi connectivity index (χ4n) is 4.62. The summed E-state index contributed by atoms with van der Waals surface area (Å²) in [5.74, 6) is -0.636. The standard InChI is InChI=1S/C31H22F2N4S/c1-38-26-12-2-20(3-13-26)18-37-19-27-28(21-4-8-24(32)9-5-21)29(22-14-16-34-17-15-22)30(35-31(27)36-37)23-6-10-25(33)11-7-23/h2-17,19H,18H2,1H3. The third-order valence-electron chi connectivity index (χ3n) is 6.44. The Bertz CT molecular complexity index is 1710. The van der Waals surface area contributed by atoms with Gasteiger partial charge in [0.05, 0.1) is 12.2 Å². The Morgan fingerprint density at radius 2 is 1.32 bits per heavy atom. The molecule has 0 aliphatic rings. The monoisotopic (exact) mass is 520 g/mol. The van der Waals surface area contributed by atoms with Gasteiger partial charge in [-0.25, -0.2) is 13.8 Å². The first-order valence-corrected chi connectivity index (χ1v) is 13.3. The van der Waals surface area contributed by atoms with Gasteiger partial charge in [-0.2, -0.15) is 5.10 Å². The number of aromatic nitrogens is 4. The van der Waals surface area contributed by atoms with Gasteiger partial charge in [-0.15, -0.1) is 11.8 Å². The van der Waals surface area contributed by atoms with Crippen molar-refractivity contribution in [3.8, 4) is 33.5 Å². The van der Waals surface area contributed by atoms with Gasteiger partial charge >= 0.3 is 0 Å². The minimum absolute atomic E-state index is 0.312. The SMILES string of the molecule is CSc1ccc(Cn2cc3c(-c4ccc(F)cc4)c(-c4ccncc4)c(-c4ccc(F)cc4)nc3n2)cc1. The fourth-order valence-corrected chi connectivity index (χ4v) is 5.02. The highest BCUT2D eigenvalue weighted by Crippen LogP contribution is 2.43. The molecule has 0 aliphatic carbocycles. The van der Waals surface area contributed by atoms with Crippen molar-refractivity contribution in [3.63, 3.8) is 0 Å². The zero-order valence-corrected chi connectivity index (χ0v) is 21.3. The number of pyridine rings is 2. The van der Waals surface area contributed by atoms with Crippen LogP contribution < -0.4 is 0 Å². The summed E-state index contributed by atoms with van der Waals surface area (Å²) in [5, 5.41) is 5.68. The number of halogens is 2. The van der Waals surface area contributed by atoms with Crippen molar-refractivity contribution in [2.45, 2.75) is 11.4 Å². The number of hydrogen-bond acceptors (Lipinski definition) is 4. The topological polar surface area (TPSA) is 43.6 Å². The van der Waals surface area contributed by atoms with E-state index in [4.69, 9.17) is 10.1 Å². The smallest absolute Gasteiger partial charge is 0.182 e. The van der Waals surface area contributed by atoms with E-state index in [1.54, 1.807) is 48.4 Å². The molecule has 3 aromatic carbocycles. The van der Waals surface area contributed by atoms with Gasteiger partial charge in [-0.3, -0.25) is 9.67 Å². The van der Waals surface area contributed by atoms with Gasteiger partial charge in [0.2, 0.25) is 0 Å². The van der Waals surface area contributed by atoms with E-state index in [1.807, 2.05) is 23.0 Å². The van der Waals surface area contributed by atoms with E-state index in [-0.39, 0.29) is 11.6 Å². The molecule has 3 heterocycles. The second-order valence-electron chi connectivity index (χ2n) is 8.87. The van der Waals surface area contributed by atoms with Gasteiger partial charge in [-0.1, -0.05) is 24.3 Å². The molecule has 0 N–H and O–H groups in total. The first kappa shape index (κ1) is 24.0. The van der Waals surface area contributed by atoms with Crippen LogP contribution in [-0.2, 0) is 6.54 Å². The molecule has 0 radical (unpaired) electrons. The predicted molar refractivity (Wildman–Crippen MR) is 149 cm³/mol. The van der Waals surface area contributed by atoms with E-state index >= 15 is 0 Å². The van der Waals surface area contributed by atoms with Crippen LogP contribution in [0.4, 0.5) is 8.78 Å². The third kappa shape index (κ3) is 4.68. The van der Waals surface area contributed by atoms with E-state index in [2.05, 4.69) is 35.5 Å². The molecule has 3 aromatic heterocycles. The lowest BCUT2D eigenvalue weighted by Crippen LogP contribution is -2.00. The maximum atomic E-state index is 13.9. The van der Waals surface area contributed by atoms with E-state index in [0.29, 0.717) is 17.9 Å². The lowest BCUT2D eigenvalue weighted by Gasteiger charge is -2.16. The molecule has 0 saturated carbocycles. The fraction of sp³-hybridized carbons (Fsp3) is 0.0645. The molecule has 7 heteroatoms. The average molecular weight is 521 g/mol. The van der Waals surface area contributed by atoms with Gasteiger partial charge in [0.15, 0.2) is 5.65 Å². The summed E-state index contributed by atoms with van der Waals surface area (Å²) in [6, 6.07) is 24.9. The molecule has 0 unspecified atom stereocenters. The summed E-state index contributed by atoms with van der Waals surface area (Å²) in [6.07, 6.45) is 7.49. The van der Waals surface area contributed by atoms with Gasteiger partial charge in [0.1, 0.15) is 11.6 Å². The Labute approximate surface area is 223 Å². The van der Waals surface area contributed by atoms with E-state index in [9.17, 15) is 8.78 Å². The molecule has 4 nitrogen and oxygen atoms in total. The Morgan fingerprint density at radius 1 is 0.711 bits per heavy atom. The molecule has 0 saturated heterocycles. The maximum Gasteiger partial charge on any atom is 0.182 e. The first-order chi connectivity index (χ1) is 18.6. The van der Waals surface area contributed by atoms with Crippen molar-refractivity contribution in [3.05, 3.63) is 121 Å². The molecule has 0 amide bonds. The van der Waals surface area contributed by atoms with E-state index < -0.39 is 0 Å². The lowest BCUT2D eigenvalue weighted by molar-refractivity contribution is 0.627. The van der Waals surface area contributed by atoms with Crippen molar-refractivity contribution in [1.82, 2.24) is 19.7 Å². The van der Waals surface area contributed by atoms with Crippen molar-refractivity contribution in [1.29, 1.82) is 0 Å². The maximum absolute atomic E-state index is 13.9. The molecule has 0 bridgehead atoms. The van der Waals surface area contributed by atoms with Gasteiger partial charge in [0.25, 0.3) is 0 Å². The minimum atomic E-state index is -0.323. The van der Waals surface area contributed by atoms with Crippen molar-refractivity contribution in [2.75, 3.05) is 6.26 Å². The van der Waals surface area contributed by atoms with Crippen LogP contribution in [0.25, 0.3) is 44.5 Å². The summed E-state index contributed by atoms with van der Waals surface area (Å²) in [4.78, 5) is 10.4. The normalized spacial score (nSPS) is 11.2. The third-order valence-corrected chi connectivity index (χ3v) is 7.18. The zero-order valence-electron chi connectivity index (χ0n) is 20.5. The molecule has 0 spiro atoms. The molecular formula is C31H22F2N4S. The highest BCUT2D eigenvalue weighted by Gasteiger charge is 2.22. The van der Waals surface area contributed by atoms with Crippen LogP contribution in [-0.4, -0.2) is 26.0 Å². The molecule has 186 valence electrons. The van der Waals surface area contributed by atoms with Crippen LogP contribution in [0.3, 0.4) is 0 Å². The van der Waals surface area contributed by atoms with Crippen LogP contribution in [0.2, 0.25) is 0 Å². The first-order valence-electron chi connectivity index (χ1n) is 12.1. The molecular weight excluding hydrogens is 498 g/mol. The number of fused-ring (bicyclic) bond motifs is 1. The second-order valence-corrected chi connectivity index (χ2v) is 9.75. The van der Waals surface area contributed by atoms with Crippen molar-refractivity contribution >= 4 is 22.8 Å². The van der Waals surface area contributed by atoms with Crippen LogP contribution >= 0.6 is 11.8 Å². The lowest BCUT2D eigenvalue weighted by atomic mass is 9.90. The minimum Gasteiger partial charge on any atom is -0.265 e. The molecule has 0 aliphatic heterocycles. The highest BCUT2D eigenvalue weighted by atomic mass is 32.2. The van der Waals surface area contributed by atoms with E-state index in [0.717, 1.165) is 38.8 Å². The summed E-state index contributed by atoms with van der Waals surface area (Å²) < 4.78 is 29.7. The molecule has 6 aromatic rings. The van der Waals surface area contributed by atoms with Crippen molar-refractivity contribution < 1.29 is 8.78 Å². The zero-order chi connectivity index (χ0) is 26.1. The number of hydrogen-bond donors (Lipinski definition) is 0. The van der Waals surface area contributed by atoms with Crippen LogP contribution in [0.5, 0.6) is 0 Å². The summed E-state index contributed by atoms with van der Waals surface area (Å²) in [6.45, 7) is 0.574. The molecule has 6 rings (SSSR count). The summed E-state index contributed by atoms with van der Waals surface area (Å²) in [5.41, 5.74) is 6.55. The number of nitrogens with zero attached hydrogens (tertiary/aromatic N) is 4. The Hall–Kier alpha value is -4.36. The van der Waals surface area contributed by atoms with Gasteiger partial charge < -0.3 is 0 Å².